The Morgan fingerprint density at radius 1 is 1.79 bits per heavy atom. The number of carbonyl (C=O) groups is 1. The molecule has 0 heterocycles. The summed E-state index contributed by atoms with van der Waals surface area (Å²) in [6.07, 6.45) is 4.26. The number of ether oxygens (including phenoxy) is 1. The predicted octanol–water partition coefficient (Wildman–Crippen LogP) is 0.183. The average molecular weight is 198 g/mol. The number of amides is 1. The molecule has 1 aliphatic carbocycles. The average Bonchev–Trinajstić information content (AvgIpc) is 2.10. The summed E-state index contributed by atoms with van der Waals surface area (Å²) >= 11 is 0. The lowest BCUT2D eigenvalue weighted by Crippen LogP contribution is -2.52. The molecule has 0 radical (unpaired) electrons. The van der Waals surface area contributed by atoms with Gasteiger partial charge in [-0.2, -0.15) is 0 Å². The van der Waals surface area contributed by atoms with Crippen LogP contribution in [0.3, 0.4) is 0 Å². The Labute approximate surface area is 84.5 Å². The van der Waals surface area contributed by atoms with Gasteiger partial charge in [0.25, 0.3) is 0 Å². The summed E-state index contributed by atoms with van der Waals surface area (Å²) in [7, 11) is 1.69. The molecule has 0 saturated heterocycles. The van der Waals surface area contributed by atoms with Gasteiger partial charge in [0.1, 0.15) is 0 Å². The van der Waals surface area contributed by atoms with Crippen LogP contribution in [-0.2, 0) is 9.53 Å². The maximum Gasteiger partial charge on any atom is 0.237 e. The van der Waals surface area contributed by atoms with Crippen molar-refractivity contribution >= 4 is 5.91 Å². The molecule has 0 aromatic rings. The first kappa shape index (κ1) is 11.2. The van der Waals surface area contributed by atoms with Crippen LogP contribution in [0.5, 0.6) is 0 Å². The van der Waals surface area contributed by atoms with Gasteiger partial charge < -0.3 is 15.8 Å². The fourth-order valence-corrected chi connectivity index (χ4v) is 1.47. The molecule has 1 aliphatic rings. The quantitative estimate of drug-likeness (QED) is 0.619. The summed E-state index contributed by atoms with van der Waals surface area (Å²) in [5.74, 6) is -0.0931. The SMILES string of the molecule is C=CCC(N)C(=O)NC1CC(OC)C1. The van der Waals surface area contributed by atoms with E-state index >= 15 is 0 Å². The highest BCUT2D eigenvalue weighted by atomic mass is 16.5. The van der Waals surface area contributed by atoms with Gasteiger partial charge in [-0.15, -0.1) is 6.58 Å². The molecule has 1 rings (SSSR count). The van der Waals surface area contributed by atoms with E-state index in [1.165, 1.54) is 0 Å². The number of hydrogen-bond acceptors (Lipinski definition) is 3. The predicted molar refractivity (Wildman–Crippen MR) is 54.8 cm³/mol. The van der Waals surface area contributed by atoms with Crippen molar-refractivity contribution in [3.63, 3.8) is 0 Å². The number of carbonyl (C=O) groups excluding carboxylic acids is 1. The fraction of sp³-hybridized carbons (Fsp3) is 0.700. The van der Waals surface area contributed by atoms with Gasteiger partial charge in [-0.3, -0.25) is 4.79 Å². The molecule has 3 N–H and O–H groups in total. The number of nitrogens with one attached hydrogen (secondary N) is 1. The van der Waals surface area contributed by atoms with Crippen molar-refractivity contribution in [2.75, 3.05) is 7.11 Å². The second kappa shape index (κ2) is 5.12. The van der Waals surface area contributed by atoms with Crippen LogP contribution in [0, 0.1) is 0 Å². The lowest BCUT2D eigenvalue weighted by molar-refractivity contribution is -0.124. The zero-order valence-corrected chi connectivity index (χ0v) is 8.53. The van der Waals surface area contributed by atoms with E-state index in [1.54, 1.807) is 13.2 Å². The van der Waals surface area contributed by atoms with Crippen molar-refractivity contribution in [1.82, 2.24) is 5.32 Å². The molecule has 0 aromatic heterocycles. The van der Waals surface area contributed by atoms with Crippen molar-refractivity contribution in [3.8, 4) is 0 Å². The molecular formula is C10H18N2O2. The van der Waals surface area contributed by atoms with Crippen LogP contribution >= 0.6 is 0 Å². The molecule has 80 valence electrons. The van der Waals surface area contributed by atoms with Gasteiger partial charge in [0, 0.05) is 13.2 Å². The molecule has 14 heavy (non-hydrogen) atoms. The molecule has 0 spiro atoms. The molecule has 1 fully saturated rings. The minimum atomic E-state index is -0.464. The van der Waals surface area contributed by atoms with Crippen LogP contribution in [0.15, 0.2) is 12.7 Å². The minimum Gasteiger partial charge on any atom is -0.381 e. The monoisotopic (exact) mass is 198 g/mol. The number of methoxy groups -OCH3 is 1. The highest BCUT2D eigenvalue weighted by Crippen LogP contribution is 2.22. The van der Waals surface area contributed by atoms with Crippen molar-refractivity contribution in [3.05, 3.63) is 12.7 Å². The number of hydrogen-bond donors (Lipinski definition) is 2. The molecule has 0 aromatic carbocycles. The summed E-state index contributed by atoms with van der Waals surface area (Å²) in [6.45, 7) is 3.54. The number of nitrogens with two attached hydrogens (primary N) is 1. The van der Waals surface area contributed by atoms with Crippen LogP contribution in [0.4, 0.5) is 0 Å². The van der Waals surface area contributed by atoms with E-state index in [9.17, 15) is 4.79 Å². The van der Waals surface area contributed by atoms with Crippen LogP contribution in [0.2, 0.25) is 0 Å². The Kier molecular flexibility index (Phi) is 4.10. The molecule has 1 amide bonds. The molecule has 1 saturated carbocycles. The smallest absolute Gasteiger partial charge is 0.237 e. The second-order valence-electron chi connectivity index (χ2n) is 3.67. The Balaban J connectivity index is 2.18. The van der Waals surface area contributed by atoms with Crippen molar-refractivity contribution < 1.29 is 9.53 Å². The van der Waals surface area contributed by atoms with Crippen molar-refractivity contribution in [1.29, 1.82) is 0 Å². The van der Waals surface area contributed by atoms with Gasteiger partial charge >= 0.3 is 0 Å². The first-order chi connectivity index (χ1) is 6.67. The second-order valence-corrected chi connectivity index (χ2v) is 3.67. The molecule has 4 nitrogen and oxygen atoms in total. The zero-order valence-electron chi connectivity index (χ0n) is 8.53. The summed E-state index contributed by atoms with van der Waals surface area (Å²) in [5.41, 5.74) is 5.61. The lowest BCUT2D eigenvalue weighted by Gasteiger charge is -2.35. The third-order valence-electron chi connectivity index (χ3n) is 2.53. The molecule has 4 heteroatoms. The summed E-state index contributed by atoms with van der Waals surface area (Å²) in [6, 6.07) is -0.225. The zero-order chi connectivity index (χ0) is 10.6. The van der Waals surface area contributed by atoms with Crippen molar-refractivity contribution in [2.45, 2.75) is 37.5 Å². The van der Waals surface area contributed by atoms with Crippen LogP contribution in [-0.4, -0.2) is 31.2 Å². The molecule has 1 atom stereocenters. The van der Waals surface area contributed by atoms with E-state index in [0.29, 0.717) is 12.5 Å². The van der Waals surface area contributed by atoms with Gasteiger partial charge in [-0.25, -0.2) is 0 Å². The van der Waals surface area contributed by atoms with E-state index in [1.807, 2.05) is 0 Å². The summed E-state index contributed by atoms with van der Waals surface area (Å²) in [4.78, 5) is 11.4. The fourth-order valence-electron chi connectivity index (χ4n) is 1.47. The maximum absolute atomic E-state index is 11.4. The number of rotatable bonds is 5. The lowest BCUT2D eigenvalue weighted by atomic mass is 9.89. The summed E-state index contributed by atoms with van der Waals surface area (Å²) in [5, 5.41) is 2.87. The van der Waals surface area contributed by atoms with Crippen LogP contribution < -0.4 is 11.1 Å². The molecule has 0 aliphatic heterocycles. The van der Waals surface area contributed by atoms with Gasteiger partial charge in [-0.05, 0) is 19.3 Å². The van der Waals surface area contributed by atoms with Gasteiger partial charge in [0.05, 0.1) is 12.1 Å². The normalized spacial score (nSPS) is 27.6. The highest BCUT2D eigenvalue weighted by Gasteiger charge is 2.30. The molecule has 0 bridgehead atoms. The van der Waals surface area contributed by atoms with E-state index in [2.05, 4.69) is 11.9 Å². The van der Waals surface area contributed by atoms with E-state index < -0.39 is 6.04 Å². The van der Waals surface area contributed by atoms with Gasteiger partial charge in [0.15, 0.2) is 0 Å². The maximum atomic E-state index is 11.4. The van der Waals surface area contributed by atoms with Gasteiger partial charge in [-0.1, -0.05) is 6.08 Å². The largest absolute Gasteiger partial charge is 0.381 e. The highest BCUT2D eigenvalue weighted by molar-refractivity contribution is 5.82. The Hall–Kier alpha value is -0.870. The molecular weight excluding hydrogens is 180 g/mol. The first-order valence-corrected chi connectivity index (χ1v) is 4.87. The third-order valence-corrected chi connectivity index (χ3v) is 2.53. The Morgan fingerprint density at radius 3 is 2.93 bits per heavy atom. The van der Waals surface area contributed by atoms with Crippen LogP contribution in [0.25, 0.3) is 0 Å². The first-order valence-electron chi connectivity index (χ1n) is 4.87. The van der Waals surface area contributed by atoms with Crippen LogP contribution in [0.1, 0.15) is 19.3 Å². The van der Waals surface area contributed by atoms with E-state index in [4.69, 9.17) is 10.5 Å². The van der Waals surface area contributed by atoms with E-state index in [-0.39, 0.29) is 11.9 Å². The topological polar surface area (TPSA) is 64.4 Å². The van der Waals surface area contributed by atoms with Gasteiger partial charge in [0.2, 0.25) is 5.91 Å². The Bertz CT molecular complexity index is 212. The molecule has 1 unspecified atom stereocenters. The minimum absolute atomic E-state index is 0.0931. The standard InChI is InChI=1S/C10H18N2O2/c1-3-4-9(11)10(13)12-7-5-8(6-7)14-2/h3,7-9H,1,4-6,11H2,2H3,(H,12,13). The Morgan fingerprint density at radius 2 is 2.43 bits per heavy atom. The van der Waals surface area contributed by atoms with Crippen molar-refractivity contribution in [2.24, 2.45) is 5.73 Å². The summed E-state index contributed by atoms with van der Waals surface area (Å²) < 4.78 is 5.11. The van der Waals surface area contributed by atoms with E-state index in [0.717, 1.165) is 12.8 Å². The third kappa shape index (κ3) is 2.82.